The number of thiophene rings is 1. The second-order valence-corrected chi connectivity index (χ2v) is 13.8. The molecule has 0 fully saturated rings. The zero-order valence-corrected chi connectivity index (χ0v) is 26.6. The van der Waals surface area contributed by atoms with E-state index in [0.29, 0.717) is 38.5 Å². The Hall–Kier alpha value is -4.00. The highest BCUT2D eigenvalue weighted by Gasteiger charge is 2.33. The van der Waals surface area contributed by atoms with Gasteiger partial charge in [0.15, 0.2) is 0 Å². The van der Waals surface area contributed by atoms with Crippen LogP contribution in [0.1, 0.15) is 59.1 Å². The van der Waals surface area contributed by atoms with Crippen molar-refractivity contribution in [2.24, 2.45) is 16.3 Å². The number of hydrogen-bond acceptors (Lipinski definition) is 4. The van der Waals surface area contributed by atoms with Gasteiger partial charge in [-0.25, -0.2) is 9.38 Å². The highest BCUT2D eigenvalue weighted by atomic mass is 35.5. The Kier molecular flexibility index (Phi) is 8.57. The van der Waals surface area contributed by atoms with Crippen LogP contribution in [0.3, 0.4) is 0 Å². The number of halogens is 2. The number of nitrogens with zero attached hydrogens (tertiary/aromatic N) is 1. The molecule has 0 radical (unpaired) electrons. The summed E-state index contributed by atoms with van der Waals surface area (Å²) < 4.78 is 20.6. The molecule has 0 aliphatic heterocycles. The van der Waals surface area contributed by atoms with Gasteiger partial charge in [0.25, 0.3) is 5.91 Å². The van der Waals surface area contributed by atoms with Crippen LogP contribution in [-0.4, -0.2) is 12.1 Å². The summed E-state index contributed by atoms with van der Waals surface area (Å²) in [5, 5.41) is 6.34. The molecule has 1 heterocycles. The number of benzene rings is 4. The Balaban J connectivity index is 1.40. The van der Waals surface area contributed by atoms with E-state index < -0.39 is 0 Å². The summed E-state index contributed by atoms with van der Waals surface area (Å²) in [6, 6.07) is 25.6. The molecule has 224 valence electrons. The molecule has 7 heteroatoms. The fourth-order valence-electron chi connectivity index (χ4n) is 5.79. The first-order chi connectivity index (χ1) is 21.2. The van der Waals surface area contributed by atoms with Crippen molar-refractivity contribution in [2.75, 3.05) is 5.32 Å². The number of aliphatic imine (C=N–C) groups is 1. The topological polar surface area (TPSA) is 50.7 Å². The van der Waals surface area contributed by atoms with Crippen LogP contribution in [0.4, 0.5) is 15.1 Å². The van der Waals surface area contributed by atoms with Gasteiger partial charge in [0.1, 0.15) is 23.2 Å². The minimum Gasteiger partial charge on any atom is -0.488 e. The van der Waals surface area contributed by atoms with Gasteiger partial charge in [0.05, 0.1) is 5.56 Å². The van der Waals surface area contributed by atoms with Crippen molar-refractivity contribution < 1.29 is 13.9 Å². The first-order valence-corrected chi connectivity index (χ1v) is 16.0. The zero-order chi connectivity index (χ0) is 30.8. The quantitative estimate of drug-likeness (QED) is 0.183. The third-order valence-electron chi connectivity index (χ3n) is 8.38. The highest BCUT2D eigenvalue weighted by Crippen LogP contribution is 2.45. The molecule has 1 aliphatic carbocycles. The molecular formula is C37H34ClFN2O2S. The van der Waals surface area contributed by atoms with E-state index in [2.05, 4.69) is 26.1 Å². The van der Waals surface area contributed by atoms with Crippen molar-refractivity contribution >= 4 is 56.5 Å². The van der Waals surface area contributed by atoms with Crippen LogP contribution in [-0.2, 0) is 19.4 Å². The summed E-state index contributed by atoms with van der Waals surface area (Å²) in [7, 11) is 0. The van der Waals surface area contributed by atoms with Gasteiger partial charge in [-0.15, -0.1) is 11.3 Å². The Bertz CT molecular complexity index is 1860. The van der Waals surface area contributed by atoms with E-state index in [1.54, 1.807) is 60.0 Å². The van der Waals surface area contributed by atoms with Gasteiger partial charge in [-0.2, -0.15) is 0 Å². The molecule has 1 aliphatic rings. The normalized spacial score (nSPS) is 15.0. The molecule has 44 heavy (non-hydrogen) atoms. The smallest absolute Gasteiger partial charge is 0.259 e. The minimum atomic E-state index is -0.308. The maximum atomic E-state index is 14.4. The van der Waals surface area contributed by atoms with E-state index in [4.69, 9.17) is 21.3 Å². The van der Waals surface area contributed by atoms with Gasteiger partial charge in [0, 0.05) is 32.9 Å². The van der Waals surface area contributed by atoms with E-state index in [1.807, 2.05) is 36.4 Å². The molecule has 1 N–H and O–H groups in total. The molecule has 4 nitrogen and oxygen atoms in total. The second kappa shape index (κ2) is 12.5. The lowest BCUT2D eigenvalue weighted by Crippen LogP contribution is -2.27. The van der Waals surface area contributed by atoms with Crippen LogP contribution in [0, 0.1) is 17.2 Å². The predicted molar refractivity (Wildman–Crippen MR) is 181 cm³/mol. The lowest BCUT2D eigenvalue weighted by atomic mass is 9.72. The molecule has 1 amide bonds. The van der Waals surface area contributed by atoms with Crippen molar-refractivity contribution in [3.63, 3.8) is 0 Å². The Morgan fingerprint density at radius 3 is 2.57 bits per heavy atom. The molecule has 6 rings (SSSR count). The number of amides is 1. The largest absolute Gasteiger partial charge is 0.488 e. The molecule has 1 atom stereocenters. The van der Waals surface area contributed by atoms with Crippen LogP contribution in [0.25, 0.3) is 10.8 Å². The SMILES string of the molecule is CC(C)(C)[C@H]1CCc2c(sc(N=Cc3c(OCc4ccccc4F)ccc4ccccc34)c2C(=O)Nc2ccc(Cl)cc2)C1. The Morgan fingerprint density at radius 1 is 1.05 bits per heavy atom. The molecule has 0 saturated heterocycles. The summed E-state index contributed by atoms with van der Waals surface area (Å²) in [6.45, 7) is 6.94. The average molecular weight is 625 g/mol. The summed E-state index contributed by atoms with van der Waals surface area (Å²) in [5.41, 5.74) is 3.81. The number of carbonyl (C=O) groups excluding carboxylic acids is 1. The number of rotatable bonds is 7. The maximum Gasteiger partial charge on any atom is 0.259 e. The molecule has 5 aromatic rings. The summed E-state index contributed by atoms with van der Waals surface area (Å²) in [4.78, 5) is 20.0. The maximum absolute atomic E-state index is 14.4. The molecule has 0 saturated carbocycles. The molecule has 0 spiro atoms. The van der Waals surface area contributed by atoms with E-state index in [-0.39, 0.29) is 23.7 Å². The first kappa shape index (κ1) is 30.0. The van der Waals surface area contributed by atoms with Crippen LogP contribution < -0.4 is 10.1 Å². The molecule has 1 aromatic heterocycles. The monoisotopic (exact) mass is 624 g/mol. The third kappa shape index (κ3) is 6.42. The lowest BCUT2D eigenvalue weighted by molar-refractivity contribution is 0.102. The number of nitrogens with one attached hydrogen (secondary N) is 1. The Morgan fingerprint density at radius 2 is 1.80 bits per heavy atom. The standard InChI is InChI=1S/C37H34ClFN2O2S/c1-37(2,3)25-13-18-29-33(20-25)44-36(34(29)35(42)41-27-16-14-26(38)15-17-27)40-21-30-28-10-6-4-8-23(28)12-19-32(30)43-22-24-9-5-7-11-31(24)39/h4-12,14-17,19,21,25H,13,18,20,22H2,1-3H3,(H,41,42)/t25-/m0/s1. The van der Waals surface area contributed by atoms with Gasteiger partial charge in [-0.3, -0.25) is 4.79 Å². The van der Waals surface area contributed by atoms with Gasteiger partial charge in [0.2, 0.25) is 0 Å². The van der Waals surface area contributed by atoms with E-state index >= 15 is 0 Å². The molecule has 0 unspecified atom stereocenters. The van der Waals surface area contributed by atoms with Gasteiger partial charge < -0.3 is 10.1 Å². The predicted octanol–water partition coefficient (Wildman–Crippen LogP) is 10.4. The molecular weight excluding hydrogens is 591 g/mol. The second-order valence-electron chi connectivity index (χ2n) is 12.3. The summed E-state index contributed by atoms with van der Waals surface area (Å²) in [6.07, 6.45) is 4.56. The summed E-state index contributed by atoms with van der Waals surface area (Å²) in [5.74, 6) is 0.629. The van der Waals surface area contributed by atoms with Crippen molar-refractivity contribution in [3.05, 3.63) is 123 Å². The summed E-state index contributed by atoms with van der Waals surface area (Å²) >= 11 is 7.67. The van der Waals surface area contributed by atoms with Gasteiger partial charge in [-0.05, 0) is 83.3 Å². The number of fused-ring (bicyclic) bond motifs is 2. The van der Waals surface area contributed by atoms with E-state index in [9.17, 15) is 9.18 Å². The van der Waals surface area contributed by atoms with Crippen molar-refractivity contribution in [1.29, 1.82) is 0 Å². The average Bonchev–Trinajstić information content (AvgIpc) is 3.38. The minimum absolute atomic E-state index is 0.0854. The number of anilines is 1. The lowest BCUT2D eigenvalue weighted by Gasteiger charge is -2.33. The van der Waals surface area contributed by atoms with Crippen molar-refractivity contribution in [3.8, 4) is 5.75 Å². The van der Waals surface area contributed by atoms with Gasteiger partial charge in [-0.1, -0.05) is 80.9 Å². The fraction of sp³-hybridized carbons (Fsp3) is 0.243. The van der Waals surface area contributed by atoms with Gasteiger partial charge >= 0.3 is 0 Å². The van der Waals surface area contributed by atoms with Crippen molar-refractivity contribution in [2.45, 2.75) is 46.6 Å². The Labute approximate surface area is 266 Å². The molecule has 4 aromatic carbocycles. The van der Waals surface area contributed by atoms with E-state index in [0.717, 1.165) is 41.2 Å². The van der Waals surface area contributed by atoms with E-state index in [1.165, 1.54) is 10.9 Å². The van der Waals surface area contributed by atoms with Crippen molar-refractivity contribution in [1.82, 2.24) is 0 Å². The van der Waals surface area contributed by atoms with Crippen LogP contribution >= 0.6 is 22.9 Å². The third-order valence-corrected chi connectivity index (χ3v) is 9.80. The fourth-order valence-corrected chi connectivity index (χ4v) is 7.19. The van der Waals surface area contributed by atoms with Crippen LogP contribution in [0.15, 0.2) is 89.9 Å². The highest BCUT2D eigenvalue weighted by molar-refractivity contribution is 7.16. The number of hydrogen-bond donors (Lipinski definition) is 1. The number of carbonyl (C=O) groups is 1. The zero-order valence-electron chi connectivity index (χ0n) is 25.0. The molecule has 0 bridgehead atoms. The first-order valence-electron chi connectivity index (χ1n) is 14.8. The van der Waals surface area contributed by atoms with Crippen LogP contribution in [0.2, 0.25) is 5.02 Å². The number of ether oxygens (including phenoxy) is 1. The van der Waals surface area contributed by atoms with Crippen LogP contribution in [0.5, 0.6) is 5.75 Å².